The van der Waals surface area contributed by atoms with E-state index in [0.29, 0.717) is 11.8 Å². The van der Waals surface area contributed by atoms with Crippen LogP contribution in [0.25, 0.3) is 0 Å². The Hall–Kier alpha value is -1.76. The quantitative estimate of drug-likeness (QED) is 0.766. The van der Waals surface area contributed by atoms with E-state index < -0.39 is 0 Å². The number of hydrogen-bond acceptors (Lipinski definition) is 1. The maximum Gasteiger partial charge on any atom is 0.119 e. The van der Waals surface area contributed by atoms with Gasteiger partial charge in [-0.3, -0.25) is 0 Å². The van der Waals surface area contributed by atoms with E-state index in [1.807, 2.05) is 6.07 Å². The molecule has 1 aliphatic rings. The van der Waals surface area contributed by atoms with Gasteiger partial charge in [-0.05, 0) is 41.5 Å². The summed E-state index contributed by atoms with van der Waals surface area (Å²) in [4.78, 5) is 0. The summed E-state index contributed by atoms with van der Waals surface area (Å²) in [7, 11) is 1.72. The van der Waals surface area contributed by atoms with Gasteiger partial charge in [0.25, 0.3) is 0 Å². The molecular formula is C16H16O. The van der Waals surface area contributed by atoms with Crippen LogP contribution in [0.1, 0.15) is 29.4 Å². The Morgan fingerprint density at radius 2 is 1.59 bits per heavy atom. The molecule has 17 heavy (non-hydrogen) atoms. The second-order valence-corrected chi connectivity index (χ2v) is 4.64. The molecule has 0 spiro atoms. The van der Waals surface area contributed by atoms with Crippen molar-refractivity contribution in [3.05, 3.63) is 65.7 Å². The minimum absolute atomic E-state index is 0.674. The second-order valence-electron chi connectivity index (χ2n) is 4.64. The molecule has 1 saturated carbocycles. The Morgan fingerprint density at radius 1 is 0.882 bits per heavy atom. The highest BCUT2D eigenvalue weighted by Gasteiger charge is 2.39. The molecule has 2 aromatic carbocycles. The molecular weight excluding hydrogens is 208 g/mol. The molecule has 2 atom stereocenters. The smallest absolute Gasteiger partial charge is 0.119 e. The van der Waals surface area contributed by atoms with Gasteiger partial charge in [0.2, 0.25) is 0 Å². The molecule has 2 aromatic rings. The van der Waals surface area contributed by atoms with Crippen LogP contribution in [0.5, 0.6) is 5.75 Å². The van der Waals surface area contributed by atoms with Gasteiger partial charge < -0.3 is 4.74 Å². The fourth-order valence-electron chi connectivity index (χ4n) is 2.50. The minimum Gasteiger partial charge on any atom is -0.497 e. The molecule has 0 aliphatic heterocycles. The van der Waals surface area contributed by atoms with Crippen LogP contribution < -0.4 is 4.74 Å². The van der Waals surface area contributed by atoms with E-state index >= 15 is 0 Å². The lowest BCUT2D eigenvalue weighted by molar-refractivity contribution is 0.414. The third-order valence-corrected chi connectivity index (χ3v) is 3.54. The average Bonchev–Trinajstić information content (AvgIpc) is 3.20. The molecule has 3 rings (SSSR count). The first kappa shape index (κ1) is 10.4. The van der Waals surface area contributed by atoms with E-state index in [9.17, 15) is 0 Å². The Kier molecular flexibility index (Phi) is 2.60. The number of methoxy groups -OCH3 is 1. The predicted molar refractivity (Wildman–Crippen MR) is 69.5 cm³/mol. The number of hydrogen-bond donors (Lipinski definition) is 0. The molecule has 0 aromatic heterocycles. The third kappa shape index (κ3) is 2.05. The first-order valence-corrected chi connectivity index (χ1v) is 6.07. The van der Waals surface area contributed by atoms with Gasteiger partial charge in [-0.15, -0.1) is 0 Å². The summed E-state index contributed by atoms with van der Waals surface area (Å²) >= 11 is 0. The average molecular weight is 224 g/mol. The SMILES string of the molecule is COc1cccc([C@@H]2C[C@H]2c2ccccc2)c1. The van der Waals surface area contributed by atoms with E-state index in [1.165, 1.54) is 17.5 Å². The van der Waals surface area contributed by atoms with Crippen LogP contribution in [-0.2, 0) is 0 Å². The summed E-state index contributed by atoms with van der Waals surface area (Å²) in [5.41, 5.74) is 2.86. The third-order valence-electron chi connectivity index (χ3n) is 3.54. The zero-order valence-corrected chi connectivity index (χ0v) is 9.97. The summed E-state index contributed by atoms with van der Waals surface area (Å²) in [6, 6.07) is 19.2. The highest BCUT2D eigenvalue weighted by Crippen LogP contribution is 2.54. The minimum atomic E-state index is 0.674. The monoisotopic (exact) mass is 224 g/mol. The van der Waals surface area contributed by atoms with Crippen LogP contribution in [0.3, 0.4) is 0 Å². The highest BCUT2D eigenvalue weighted by molar-refractivity contribution is 5.39. The summed E-state index contributed by atoms with van der Waals surface area (Å²) in [5.74, 6) is 2.33. The number of benzene rings is 2. The lowest BCUT2D eigenvalue weighted by atomic mass is 10.0. The van der Waals surface area contributed by atoms with Crippen molar-refractivity contribution in [1.29, 1.82) is 0 Å². The fraction of sp³-hybridized carbons (Fsp3) is 0.250. The summed E-state index contributed by atoms with van der Waals surface area (Å²) in [6.07, 6.45) is 1.26. The van der Waals surface area contributed by atoms with Crippen LogP contribution in [0.2, 0.25) is 0 Å². The van der Waals surface area contributed by atoms with Gasteiger partial charge in [0.05, 0.1) is 7.11 Å². The first-order valence-electron chi connectivity index (χ1n) is 6.07. The molecule has 1 heteroatoms. The molecule has 0 radical (unpaired) electrons. The van der Waals surface area contributed by atoms with Crippen LogP contribution >= 0.6 is 0 Å². The van der Waals surface area contributed by atoms with Gasteiger partial charge in [0.1, 0.15) is 5.75 Å². The van der Waals surface area contributed by atoms with Crippen molar-refractivity contribution in [2.24, 2.45) is 0 Å². The van der Waals surface area contributed by atoms with Crippen molar-refractivity contribution >= 4 is 0 Å². The second kappa shape index (κ2) is 4.25. The fourth-order valence-corrected chi connectivity index (χ4v) is 2.50. The van der Waals surface area contributed by atoms with Gasteiger partial charge in [-0.2, -0.15) is 0 Å². The van der Waals surface area contributed by atoms with Crippen molar-refractivity contribution < 1.29 is 4.74 Å². The zero-order chi connectivity index (χ0) is 11.7. The van der Waals surface area contributed by atoms with Gasteiger partial charge >= 0.3 is 0 Å². The van der Waals surface area contributed by atoms with Crippen molar-refractivity contribution in [1.82, 2.24) is 0 Å². The molecule has 86 valence electrons. The molecule has 0 unspecified atom stereocenters. The Balaban J connectivity index is 1.80. The van der Waals surface area contributed by atoms with Crippen molar-refractivity contribution in [2.75, 3.05) is 7.11 Å². The largest absolute Gasteiger partial charge is 0.497 e. The molecule has 0 N–H and O–H groups in total. The van der Waals surface area contributed by atoms with Crippen LogP contribution in [-0.4, -0.2) is 7.11 Å². The van der Waals surface area contributed by atoms with E-state index in [-0.39, 0.29) is 0 Å². The van der Waals surface area contributed by atoms with E-state index in [0.717, 1.165) is 5.75 Å². The first-order chi connectivity index (χ1) is 8.38. The topological polar surface area (TPSA) is 9.23 Å². The molecule has 1 aliphatic carbocycles. The van der Waals surface area contributed by atoms with Crippen molar-refractivity contribution in [2.45, 2.75) is 18.3 Å². The van der Waals surface area contributed by atoms with Crippen LogP contribution in [0, 0.1) is 0 Å². The summed E-state index contributed by atoms with van der Waals surface area (Å²) in [6.45, 7) is 0. The van der Waals surface area contributed by atoms with Crippen molar-refractivity contribution in [3.8, 4) is 5.75 Å². The van der Waals surface area contributed by atoms with E-state index in [4.69, 9.17) is 4.74 Å². The Morgan fingerprint density at radius 3 is 2.35 bits per heavy atom. The van der Waals surface area contributed by atoms with Crippen LogP contribution in [0.15, 0.2) is 54.6 Å². The molecule has 0 bridgehead atoms. The van der Waals surface area contributed by atoms with E-state index in [1.54, 1.807) is 7.11 Å². The lowest BCUT2D eigenvalue weighted by Gasteiger charge is -2.04. The molecule has 1 fully saturated rings. The Bertz CT molecular complexity index is 504. The lowest BCUT2D eigenvalue weighted by Crippen LogP contribution is -1.87. The molecule has 0 heterocycles. The Labute approximate surface area is 102 Å². The summed E-state index contributed by atoms with van der Waals surface area (Å²) in [5, 5.41) is 0. The van der Waals surface area contributed by atoms with Crippen LogP contribution in [0.4, 0.5) is 0 Å². The maximum atomic E-state index is 5.27. The standard InChI is InChI=1S/C16H16O/c1-17-14-9-5-8-13(10-14)16-11-15(16)12-6-3-2-4-7-12/h2-10,15-16H,11H2,1H3/t15-,16-/m0/s1. The van der Waals surface area contributed by atoms with Gasteiger partial charge in [-0.1, -0.05) is 42.5 Å². The van der Waals surface area contributed by atoms with Gasteiger partial charge in [0, 0.05) is 0 Å². The molecule has 0 saturated heterocycles. The highest BCUT2D eigenvalue weighted by atomic mass is 16.5. The normalized spacial score (nSPS) is 22.2. The van der Waals surface area contributed by atoms with Gasteiger partial charge in [-0.25, -0.2) is 0 Å². The number of rotatable bonds is 3. The summed E-state index contributed by atoms with van der Waals surface area (Å²) < 4.78 is 5.27. The number of ether oxygens (including phenoxy) is 1. The van der Waals surface area contributed by atoms with E-state index in [2.05, 4.69) is 48.5 Å². The molecule has 0 amide bonds. The zero-order valence-electron chi connectivity index (χ0n) is 9.97. The maximum absolute atomic E-state index is 5.27. The molecule has 1 nitrogen and oxygen atoms in total. The van der Waals surface area contributed by atoms with Crippen molar-refractivity contribution in [3.63, 3.8) is 0 Å². The predicted octanol–water partition coefficient (Wildman–Crippen LogP) is 3.97. The van der Waals surface area contributed by atoms with Gasteiger partial charge in [0.15, 0.2) is 0 Å².